The molecule has 1 aromatic rings. The number of benzene rings is 1. The Hall–Kier alpha value is -0.940. The van der Waals surface area contributed by atoms with E-state index in [1.54, 1.807) is 18.2 Å². The fourth-order valence-corrected chi connectivity index (χ4v) is 2.11. The predicted molar refractivity (Wildman–Crippen MR) is 77.3 cm³/mol. The van der Waals surface area contributed by atoms with Crippen molar-refractivity contribution in [3.05, 3.63) is 28.8 Å². The average molecular weight is 309 g/mol. The van der Waals surface area contributed by atoms with Gasteiger partial charge in [-0.25, -0.2) is 0 Å². The summed E-state index contributed by atoms with van der Waals surface area (Å²) >= 11 is 5.93. The van der Waals surface area contributed by atoms with Crippen LogP contribution >= 0.6 is 11.6 Å². The van der Waals surface area contributed by atoms with Crippen LogP contribution in [-0.2, 0) is 6.54 Å². The van der Waals surface area contributed by atoms with Crippen molar-refractivity contribution in [3.8, 4) is 0 Å². The molecule has 0 unspecified atom stereocenters. The van der Waals surface area contributed by atoms with Gasteiger partial charge in [-0.1, -0.05) is 25.4 Å². The maximum absolute atomic E-state index is 12.5. The molecule has 1 rings (SSSR count). The van der Waals surface area contributed by atoms with Gasteiger partial charge >= 0.3 is 6.18 Å². The number of nitrogens with zero attached hydrogens (tertiary/aromatic N) is 1. The van der Waals surface area contributed by atoms with E-state index in [2.05, 4.69) is 19.2 Å². The van der Waals surface area contributed by atoms with Crippen molar-refractivity contribution in [2.45, 2.75) is 26.6 Å². The Labute approximate surface area is 122 Å². The predicted octanol–water partition coefficient (Wildman–Crippen LogP) is 4.08. The van der Waals surface area contributed by atoms with Crippen molar-refractivity contribution >= 4 is 17.3 Å². The zero-order valence-electron chi connectivity index (χ0n) is 11.9. The van der Waals surface area contributed by atoms with Crippen molar-refractivity contribution in [1.29, 1.82) is 0 Å². The molecule has 0 fully saturated rings. The van der Waals surface area contributed by atoms with Gasteiger partial charge in [0.05, 0.1) is 0 Å². The third kappa shape index (κ3) is 6.01. The highest BCUT2D eigenvalue weighted by molar-refractivity contribution is 6.30. The summed E-state index contributed by atoms with van der Waals surface area (Å²) in [5.41, 5.74) is 1.31. The minimum atomic E-state index is -4.23. The minimum absolute atomic E-state index is 0.477. The van der Waals surface area contributed by atoms with E-state index < -0.39 is 12.7 Å². The lowest BCUT2D eigenvalue weighted by Gasteiger charge is -2.24. The molecule has 0 aliphatic heterocycles. The summed E-state index contributed by atoms with van der Waals surface area (Å²) in [4.78, 5) is 1.20. The lowest BCUT2D eigenvalue weighted by atomic mass is 10.1. The number of hydrogen-bond acceptors (Lipinski definition) is 2. The van der Waals surface area contributed by atoms with Crippen molar-refractivity contribution < 1.29 is 13.2 Å². The first-order chi connectivity index (χ1) is 9.19. The molecular formula is C14H20ClF3N2. The number of alkyl halides is 3. The van der Waals surface area contributed by atoms with E-state index in [0.29, 0.717) is 23.2 Å². The third-order valence-corrected chi connectivity index (χ3v) is 2.97. The number of hydrogen-bond donors (Lipinski definition) is 1. The van der Waals surface area contributed by atoms with Crippen LogP contribution in [0.2, 0.25) is 5.02 Å². The number of anilines is 1. The van der Waals surface area contributed by atoms with Gasteiger partial charge in [0.15, 0.2) is 0 Å². The summed E-state index contributed by atoms with van der Waals surface area (Å²) in [5.74, 6) is 0.477. The van der Waals surface area contributed by atoms with Crippen LogP contribution in [-0.4, -0.2) is 26.3 Å². The Kier molecular flexibility index (Phi) is 6.14. The second-order valence-corrected chi connectivity index (χ2v) is 5.71. The Morgan fingerprint density at radius 1 is 1.30 bits per heavy atom. The van der Waals surface area contributed by atoms with Gasteiger partial charge < -0.3 is 10.2 Å². The third-order valence-electron chi connectivity index (χ3n) is 2.74. The highest BCUT2D eigenvalue weighted by Crippen LogP contribution is 2.26. The number of rotatable bonds is 6. The quantitative estimate of drug-likeness (QED) is 0.851. The number of halogens is 4. The second kappa shape index (κ2) is 7.18. The zero-order valence-corrected chi connectivity index (χ0v) is 12.6. The molecule has 0 aliphatic carbocycles. The van der Waals surface area contributed by atoms with Crippen LogP contribution in [0, 0.1) is 5.92 Å². The molecule has 0 heterocycles. The van der Waals surface area contributed by atoms with Crippen LogP contribution in [0.15, 0.2) is 18.2 Å². The molecule has 114 valence electrons. The van der Waals surface area contributed by atoms with Gasteiger partial charge in [-0.2, -0.15) is 13.2 Å². The van der Waals surface area contributed by atoms with Crippen LogP contribution in [0.1, 0.15) is 19.4 Å². The molecule has 0 bridgehead atoms. The van der Waals surface area contributed by atoms with Gasteiger partial charge in [-0.05, 0) is 36.2 Å². The molecule has 0 spiro atoms. The zero-order chi connectivity index (χ0) is 15.3. The minimum Gasteiger partial charge on any atom is -0.365 e. The van der Waals surface area contributed by atoms with Crippen molar-refractivity contribution in [3.63, 3.8) is 0 Å². The summed E-state index contributed by atoms with van der Waals surface area (Å²) in [5, 5.41) is 3.74. The lowest BCUT2D eigenvalue weighted by molar-refractivity contribution is -0.119. The van der Waals surface area contributed by atoms with Crippen LogP contribution < -0.4 is 10.2 Å². The van der Waals surface area contributed by atoms with Crippen LogP contribution in [0.4, 0.5) is 18.9 Å². The van der Waals surface area contributed by atoms with Gasteiger partial charge in [-0.15, -0.1) is 0 Å². The van der Waals surface area contributed by atoms with Crippen molar-refractivity contribution in [2.24, 2.45) is 5.92 Å². The van der Waals surface area contributed by atoms with E-state index in [1.165, 1.54) is 11.9 Å². The molecule has 1 N–H and O–H groups in total. The Balaban J connectivity index is 2.83. The summed E-state index contributed by atoms with van der Waals surface area (Å²) in [6, 6.07) is 4.94. The molecule has 2 nitrogen and oxygen atoms in total. The first kappa shape index (κ1) is 17.1. The van der Waals surface area contributed by atoms with Gasteiger partial charge in [0.2, 0.25) is 0 Å². The highest BCUT2D eigenvalue weighted by Gasteiger charge is 2.30. The van der Waals surface area contributed by atoms with E-state index in [4.69, 9.17) is 11.6 Å². The first-order valence-corrected chi connectivity index (χ1v) is 6.84. The van der Waals surface area contributed by atoms with E-state index in [1.807, 2.05) is 0 Å². The van der Waals surface area contributed by atoms with Crippen LogP contribution in [0.3, 0.4) is 0 Å². The van der Waals surface area contributed by atoms with E-state index >= 15 is 0 Å². The summed E-state index contributed by atoms with van der Waals surface area (Å²) in [6.45, 7) is 4.46. The second-order valence-electron chi connectivity index (χ2n) is 5.27. The Bertz CT molecular complexity index is 433. The number of nitrogens with one attached hydrogen (secondary N) is 1. The Morgan fingerprint density at radius 3 is 2.50 bits per heavy atom. The standard InChI is InChI=1S/C14H20ClF3N2/c1-10(2)7-19-8-11-6-12(15)4-5-13(11)20(3)9-14(16,17)18/h4-6,10,19H,7-9H2,1-3H3. The molecule has 0 aliphatic rings. The van der Waals surface area contributed by atoms with Crippen molar-refractivity contribution in [1.82, 2.24) is 5.32 Å². The van der Waals surface area contributed by atoms with Gasteiger partial charge in [-0.3, -0.25) is 0 Å². The molecule has 0 radical (unpaired) electrons. The highest BCUT2D eigenvalue weighted by atomic mass is 35.5. The summed E-state index contributed by atoms with van der Waals surface area (Å²) in [7, 11) is 1.43. The summed E-state index contributed by atoms with van der Waals surface area (Å²) in [6.07, 6.45) is -4.23. The summed E-state index contributed by atoms with van der Waals surface area (Å²) < 4.78 is 37.4. The first-order valence-electron chi connectivity index (χ1n) is 6.46. The molecule has 1 aromatic carbocycles. The van der Waals surface area contributed by atoms with Crippen molar-refractivity contribution in [2.75, 3.05) is 25.0 Å². The fraction of sp³-hybridized carbons (Fsp3) is 0.571. The molecular weight excluding hydrogens is 289 g/mol. The smallest absolute Gasteiger partial charge is 0.365 e. The SMILES string of the molecule is CC(C)CNCc1cc(Cl)ccc1N(C)CC(F)(F)F. The fourth-order valence-electron chi connectivity index (χ4n) is 1.92. The molecule has 20 heavy (non-hydrogen) atoms. The molecule has 0 saturated carbocycles. The molecule has 6 heteroatoms. The lowest BCUT2D eigenvalue weighted by Crippen LogP contribution is -2.32. The molecule has 0 aromatic heterocycles. The molecule has 0 saturated heterocycles. The van der Waals surface area contributed by atoms with Crippen LogP contribution in [0.5, 0.6) is 0 Å². The van der Waals surface area contributed by atoms with Gasteiger partial charge in [0.25, 0.3) is 0 Å². The Morgan fingerprint density at radius 2 is 1.95 bits per heavy atom. The van der Waals surface area contributed by atoms with E-state index in [-0.39, 0.29) is 0 Å². The maximum Gasteiger partial charge on any atom is 0.405 e. The van der Waals surface area contributed by atoms with E-state index in [0.717, 1.165) is 12.1 Å². The van der Waals surface area contributed by atoms with E-state index in [9.17, 15) is 13.2 Å². The largest absolute Gasteiger partial charge is 0.405 e. The van der Waals surface area contributed by atoms with Gasteiger partial charge in [0, 0.05) is 24.3 Å². The molecule has 0 atom stereocenters. The normalized spacial score (nSPS) is 12.0. The van der Waals surface area contributed by atoms with Gasteiger partial charge in [0.1, 0.15) is 6.54 Å². The average Bonchev–Trinajstić information content (AvgIpc) is 2.25. The maximum atomic E-state index is 12.5. The molecule has 0 amide bonds. The monoisotopic (exact) mass is 308 g/mol. The topological polar surface area (TPSA) is 15.3 Å². The van der Waals surface area contributed by atoms with Crippen LogP contribution in [0.25, 0.3) is 0 Å².